The van der Waals surface area contributed by atoms with Gasteiger partial charge in [-0.15, -0.1) is 0 Å². The van der Waals surface area contributed by atoms with Gasteiger partial charge in [-0.1, -0.05) is 17.7 Å². The summed E-state index contributed by atoms with van der Waals surface area (Å²) in [6.45, 7) is 4.01. The predicted octanol–water partition coefficient (Wildman–Crippen LogP) is 4.64. The Bertz CT molecular complexity index is 824. The number of rotatable bonds is 1. The van der Waals surface area contributed by atoms with Crippen LogP contribution in [0.25, 0.3) is 16.7 Å². The Morgan fingerprint density at radius 2 is 1.95 bits per heavy atom. The molecule has 0 saturated carbocycles. The predicted molar refractivity (Wildman–Crippen MR) is 87.7 cm³/mol. The molecular formula is C15H13BrClN3. The lowest BCUT2D eigenvalue weighted by Crippen LogP contribution is -2.02. The van der Waals surface area contributed by atoms with Crippen molar-refractivity contribution in [2.45, 2.75) is 13.8 Å². The summed E-state index contributed by atoms with van der Waals surface area (Å²) in [6.07, 6.45) is 0. The highest BCUT2D eigenvalue weighted by Gasteiger charge is 2.14. The topological polar surface area (TPSA) is 43.8 Å². The quantitative estimate of drug-likeness (QED) is 0.695. The molecule has 0 radical (unpaired) electrons. The lowest BCUT2D eigenvalue weighted by atomic mass is 10.2. The summed E-state index contributed by atoms with van der Waals surface area (Å²) in [6, 6.07) is 9.95. The lowest BCUT2D eigenvalue weighted by molar-refractivity contribution is 1.10. The second kappa shape index (κ2) is 4.79. The van der Waals surface area contributed by atoms with E-state index in [1.165, 1.54) is 0 Å². The number of nitrogens with two attached hydrogens (primary N) is 1. The van der Waals surface area contributed by atoms with E-state index in [0.29, 0.717) is 11.0 Å². The van der Waals surface area contributed by atoms with Crippen molar-refractivity contribution in [1.82, 2.24) is 9.55 Å². The number of hydrogen-bond acceptors (Lipinski definition) is 2. The first-order chi connectivity index (χ1) is 9.47. The van der Waals surface area contributed by atoms with E-state index in [-0.39, 0.29) is 0 Å². The largest absolute Gasteiger partial charge is 0.369 e. The zero-order chi connectivity index (χ0) is 14.4. The van der Waals surface area contributed by atoms with E-state index in [0.717, 1.165) is 32.3 Å². The normalized spacial score (nSPS) is 11.2. The van der Waals surface area contributed by atoms with Crippen molar-refractivity contribution in [1.29, 1.82) is 0 Å². The fourth-order valence-corrected chi connectivity index (χ4v) is 3.06. The van der Waals surface area contributed by atoms with Crippen molar-refractivity contribution in [2.75, 3.05) is 5.73 Å². The summed E-state index contributed by atoms with van der Waals surface area (Å²) < 4.78 is 2.85. The molecule has 5 heteroatoms. The number of benzene rings is 2. The average molecular weight is 351 g/mol. The van der Waals surface area contributed by atoms with Crippen LogP contribution in [0, 0.1) is 13.8 Å². The van der Waals surface area contributed by atoms with Crippen molar-refractivity contribution in [3.8, 4) is 5.69 Å². The van der Waals surface area contributed by atoms with Crippen LogP contribution >= 0.6 is 27.5 Å². The Hall–Kier alpha value is -1.52. The summed E-state index contributed by atoms with van der Waals surface area (Å²) >= 11 is 9.82. The third-order valence-electron chi connectivity index (χ3n) is 3.30. The average Bonchev–Trinajstić information content (AvgIpc) is 2.69. The van der Waals surface area contributed by atoms with Crippen molar-refractivity contribution in [2.24, 2.45) is 0 Å². The van der Waals surface area contributed by atoms with Gasteiger partial charge in [0, 0.05) is 9.50 Å². The van der Waals surface area contributed by atoms with Gasteiger partial charge < -0.3 is 5.73 Å². The molecule has 0 saturated heterocycles. The van der Waals surface area contributed by atoms with Crippen LogP contribution in [0.4, 0.5) is 5.95 Å². The highest BCUT2D eigenvalue weighted by Crippen LogP contribution is 2.32. The molecule has 0 aliphatic heterocycles. The zero-order valence-electron chi connectivity index (χ0n) is 11.1. The van der Waals surface area contributed by atoms with Gasteiger partial charge in [-0.05, 0) is 65.2 Å². The summed E-state index contributed by atoms with van der Waals surface area (Å²) in [7, 11) is 0. The van der Waals surface area contributed by atoms with Gasteiger partial charge in [-0.3, -0.25) is 4.57 Å². The SMILES string of the molecule is Cc1ccc2nc(N)n(-c3cc(Cl)c(C)cc3Br)c2c1. The first-order valence-corrected chi connectivity index (χ1v) is 7.35. The van der Waals surface area contributed by atoms with Crippen molar-refractivity contribution < 1.29 is 0 Å². The maximum absolute atomic E-state index is 6.24. The fourth-order valence-electron chi connectivity index (χ4n) is 2.26. The Balaban J connectivity index is 2.37. The summed E-state index contributed by atoms with van der Waals surface area (Å²) in [5, 5.41) is 0.706. The number of nitrogen functional groups attached to an aromatic ring is 1. The van der Waals surface area contributed by atoms with Gasteiger partial charge in [0.2, 0.25) is 5.95 Å². The minimum atomic E-state index is 0.450. The number of anilines is 1. The second-order valence-electron chi connectivity index (χ2n) is 4.85. The van der Waals surface area contributed by atoms with Gasteiger partial charge in [-0.25, -0.2) is 4.98 Å². The Morgan fingerprint density at radius 1 is 1.20 bits per heavy atom. The summed E-state index contributed by atoms with van der Waals surface area (Å²) in [4.78, 5) is 4.40. The molecule has 0 bridgehead atoms. The number of fused-ring (bicyclic) bond motifs is 1. The van der Waals surface area contributed by atoms with Crippen molar-refractivity contribution in [3.63, 3.8) is 0 Å². The van der Waals surface area contributed by atoms with Crippen LogP contribution in [0.1, 0.15) is 11.1 Å². The van der Waals surface area contributed by atoms with Crippen LogP contribution in [-0.4, -0.2) is 9.55 Å². The third-order valence-corrected chi connectivity index (χ3v) is 4.35. The van der Waals surface area contributed by atoms with E-state index >= 15 is 0 Å². The van der Waals surface area contributed by atoms with Gasteiger partial charge in [0.1, 0.15) is 0 Å². The van der Waals surface area contributed by atoms with E-state index < -0.39 is 0 Å². The number of imidazole rings is 1. The molecule has 1 heterocycles. The second-order valence-corrected chi connectivity index (χ2v) is 6.11. The molecule has 0 fully saturated rings. The molecule has 0 aliphatic rings. The maximum Gasteiger partial charge on any atom is 0.205 e. The molecule has 3 nitrogen and oxygen atoms in total. The van der Waals surface area contributed by atoms with Crippen LogP contribution in [0.3, 0.4) is 0 Å². The van der Waals surface area contributed by atoms with E-state index in [9.17, 15) is 0 Å². The minimum Gasteiger partial charge on any atom is -0.369 e. The molecule has 3 rings (SSSR count). The molecule has 20 heavy (non-hydrogen) atoms. The van der Waals surface area contributed by atoms with Crippen LogP contribution in [-0.2, 0) is 0 Å². The highest BCUT2D eigenvalue weighted by molar-refractivity contribution is 9.10. The zero-order valence-corrected chi connectivity index (χ0v) is 13.5. The van der Waals surface area contributed by atoms with Gasteiger partial charge in [0.25, 0.3) is 0 Å². The number of hydrogen-bond donors (Lipinski definition) is 1. The molecule has 0 spiro atoms. The minimum absolute atomic E-state index is 0.450. The van der Waals surface area contributed by atoms with E-state index in [2.05, 4.69) is 27.0 Å². The number of aromatic nitrogens is 2. The molecular weight excluding hydrogens is 338 g/mol. The molecule has 2 N–H and O–H groups in total. The summed E-state index contributed by atoms with van der Waals surface area (Å²) in [5.41, 5.74) is 11.0. The van der Waals surface area contributed by atoms with Crippen molar-refractivity contribution in [3.05, 3.63) is 51.0 Å². The van der Waals surface area contributed by atoms with Gasteiger partial charge in [0.15, 0.2) is 0 Å². The Kier molecular flexibility index (Phi) is 3.22. The maximum atomic E-state index is 6.24. The first kappa shape index (κ1) is 13.5. The van der Waals surface area contributed by atoms with Crippen LogP contribution in [0.15, 0.2) is 34.8 Å². The standard InChI is InChI=1S/C15H13BrClN3/c1-8-3-4-12-14(5-8)20(15(18)19-12)13-7-11(17)9(2)6-10(13)16/h3-7H,1-2H3,(H2,18,19). The number of aryl methyl sites for hydroxylation is 2. The molecule has 0 amide bonds. The smallest absolute Gasteiger partial charge is 0.205 e. The highest BCUT2D eigenvalue weighted by atomic mass is 79.9. The van der Waals surface area contributed by atoms with Gasteiger partial charge in [-0.2, -0.15) is 0 Å². The molecule has 0 atom stereocenters. The third kappa shape index (κ3) is 2.09. The Labute approximate surface area is 130 Å². The van der Waals surface area contributed by atoms with Crippen LogP contribution in [0.2, 0.25) is 5.02 Å². The molecule has 102 valence electrons. The van der Waals surface area contributed by atoms with Gasteiger partial charge >= 0.3 is 0 Å². The Morgan fingerprint density at radius 3 is 2.70 bits per heavy atom. The van der Waals surface area contributed by atoms with E-state index in [1.807, 2.05) is 42.7 Å². The first-order valence-electron chi connectivity index (χ1n) is 6.18. The molecule has 1 aromatic heterocycles. The number of halogens is 2. The van der Waals surface area contributed by atoms with E-state index in [4.69, 9.17) is 17.3 Å². The van der Waals surface area contributed by atoms with Crippen molar-refractivity contribution >= 4 is 44.5 Å². The molecule has 0 unspecified atom stereocenters. The molecule has 3 aromatic rings. The fraction of sp³-hybridized carbons (Fsp3) is 0.133. The lowest BCUT2D eigenvalue weighted by Gasteiger charge is -2.11. The number of nitrogens with zero attached hydrogens (tertiary/aromatic N) is 2. The van der Waals surface area contributed by atoms with E-state index in [1.54, 1.807) is 0 Å². The van der Waals surface area contributed by atoms with Crippen LogP contribution in [0.5, 0.6) is 0 Å². The molecule has 0 aliphatic carbocycles. The molecule has 2 aromatic carbocycles. The van der Waals surface area contributed by atoms with Crippen LogP contribution < -0.4 is 5.73 Å². The van der Waals surface area contributed by atoms with Gasteiger partial charge in [0.05, 0.1) is 16.7 Å². The summed E-state index contributed by atoms with van der Waals surface area (Å²) in [5.74, 6) is 0.450. The monoisotopic (exact) mass is 349 g/mol.